The van der Waals surface area contributed by atoms with Crippen molar-refractivity contribution in [3.05, 3.63) is 71.8 Å². The zero-order chi connectivity index (χ0) is 21.3. The molecule has 1 amide bonds. The van der Waals surface area contributed by atoms with Crippen molar-refractivity contribution in [2.24, 2.45) is 0 Å². The van der Waals surface area contributed by atoms with Gasteiger partial charge in [0.1, 0.15) is 6.61 Å². The van der Waals surface area contributed by atoms with E-state index in [1.807, 2.05) is 12.1 Å². The summed E-state index contributed by atoms with van der Waals surface area (Å²) < 4.78 is 16.5. The Balaban J connectivity index is 1.58. The summed E-state index contributed by atoms with van der Waals surface area (Å²) in [4.78, 5) is 15.0. The Hall–Kier alpha value is -2.83. The number of nitrogens with one attached hydrogen (secondary N) is 1. The molecule has 0 aliphatic carbocycles. The van der Waals surface area contributed by atoms with E-state index in [-0.39, 0.29) is 12.0 Å². The lowest BCUT2D eigenvalue weighted by Crippen LogP contribution is -2.40. The molecule has 0 bridgehead atoms. The monoisotopic (exact) mass is 410 g/mol. The van der Waals surface area contributed by atoms with Gasteiger partial charge in [-0.05, 0) is 36.2 Å². The van der Waals surface area contributed by atoms with Crippen LogP contribution in [0.1, 0.15) is 28.4 Å². The molecule has 1 unspecified atom stereocenters. The van der Waals surface area contributed by atoms with Crippen LogP contribution in [0.2, 0.25) is 0 Å². The molecule has 1 heterocycles. The van der Waals surface area contributed by atoms with Gasteiger partial charge in [0.05, 0.1) is 19.8 Å². The van der Waals surface area contributed by atoms with Crippen molar-refractivity contribution in [1.82, 2.24) is 10.2 Å². The van der Waals surface area contributed by atoms with E-state index in [0.29, 0.717) is 30.2 Å². The highest BCUT2D eigenvalue weighted by Gasteiger charge is 2.17. The topological polar surface area (TPSA) is 60.0 Å². The molecule has 1 aliphatic heterocycles. The summed E-state index contributed by atoms with van der Waals surface area (Å²) in [5, 5.41) is 2.98. The third-order valence-corrected chi connectivity index (χ3v) is 4.96. The second-order valence-corrected chi connectivity index (χ2v) is 7.38. The van der Waals surface area contributed by atoms with Gasteiger partial charge in [0, 0.05) is 31.7 Å². The molecular formula is C24H30N2O4. The van der Waals surface area contributed by atoms with Crippen molar-refractivity contribution in [3.63, 3.8) is 0 Å². The maximum atomic E-state index is 12.6. The standard InChI is InChI=1S/C24H30N2O4/c1-4-11-30-22-9-8-21(14-23(22)28-3)24(27)25-15-19-6-5-7-20(13-19)17-26-10-12-29-18(2)16-26/h4-9,13-14,18H,1,10-12,15-17H2,2-3H3,(H,25,27). The Labute approximate surface area is 178 Å². The van der Waals surface area contributed by atoms with Gasteiger partial charge in [-0.2, -0.15) is 0 Å². The number of morpholine rings is 1. The summed E-state index contributed by atoms with van der Waals surface area (Å²) in [5.41, 5.74) is 2.83. The van der Waals surface area contributed by atoms with Crippen LogP contribution in [0.3, 0.4) is 0 Å². The van der Waals surface area contributed by atoms with Crippen LogP contribution in [-0.2, 0) is 17.8 Å². The fourth-order valence-corrected chi connectivity index (χ4v) is 3.49. The van der Waals surface area contributed by atoms with E-state index in [1.54, 1.807) is 31.4 Å². The normalized spacial score (nSPS) is 16.7. The number of methoxy groups -OCH3 is 1. The highest BCUT2D eigenvalue weighted by Crippen LogP contribution is 2.28. The number of carbonyl (C=O) groups is 1. The number of hydrogen-bond donors (Lipinski definition) is 1. The number of ether oxygens (including phenoxy) is 3. The molecule has 2 aromatic rings. The van der Waals surface area contributed by atoms with Gasteiger partial charge in [-0.15, -0.1) is 0 Å². The van der Waals surface area contributed by atoms with Crippen LogP contribution < -0.4 is 14.8 Å². The molecule has 1 fully saturated rings. The highest BCUT2D eigenvalue weighted by atomic mass is 16.5. The predicted octanol–water partition coefficient (Wildman–Crippen LogP) is 3.41. The number of amides is 1. The molecule has 6 heteroatoms. The van der Waals surface area contributed by atoms with Crippen molar-refractivity contribution in [2.45, 2.75) is 26.1 Å². The van der Waals surface area contributed by atoms with Crippen molar-refractivity contribution in [1.29, 1.82) is 0 Å². The van der Waals surface area contributed by atoms with Crippen molar-refractivity contribution >= 4 is 5.91 Å². The lowest BCUT2D eigenvalue weighted by Gasteiger charge is -2.31. The summed E-state index contributed by atoms with van der Waals surface area (Å²) in [7, 11) is 1.55. The van der Waals surface area contributed by atoms with Gasteiger partial charge in [0.2, 0.25) is 0 Å². The Bertz CT molecular complexity index is 868. The summed E-state index contributed by atoms with van der Waals surface area (Å²) >= 11 is 0. The van der Waals surface area contributed by atoms with Gasteiger partial charge < -0.3 is 19.5 Å². The molecule has 30 heavy (non-hydrogen) atoms. The second-order valence-electron chi connectivity index (χ2n) is 7.38. The molecule has 0 saturated carbocycles. The zero-order valence-corrected chi connectivity index (χ0v) is 17.7. The first-order chi connectivity index (χ1) is 14.6. The van der Waals surface area contributed by atoms with Gasteiger partial charge >= 0.3 is 0 Å². The summed E-state index contributed by atoms with van der Waals surface area (Å²) in [6.45, 7) is 10.1. The lowest BCUT2D eigenvalue weighted by molar-refractivity contribution is -0.0212. The van der Waals surface area contributed by atoms with Crippen molar-refractivity contribution in [2.75, 3.05) is 33.4 Å². The van der Waals surface area contributed by atoms with E-state index in [4.69, 9.17) is 14.2 Å². The molecule has 1 atom stereocenters. The largest absolute Gasteiger partial charge is 0.493 e. The van der Waals surface area contributed by atoms with E-state index in [0.717, 1.165) is 31.8 Å². The van der Waals surface area contributed by atoms with E-state index in [9.17, 15) is 4.79 Å². The number of nitrogens with zero attached hydrogens (tertiary/aromatic N) is 1. The van der Waals surface area contributed by atoms with Gasteiger partial charge in [0.25, 0.3) is 5.91 Å². The third-order valence-electron chi connectivity index (χ3n) is 4.96. The van der Waals surface area contributed by atoms with E-state index < -0.39 is 0 Å². The molecule has 0 spiro atoms. The lowest BCUT2D eigenvalue weighted by atomic mass is 10.1. The average Bonchev–Trinajstić information content (AvgIpc) is 2.76. The molecule has 0 radical (unpaired) electrons. The van der Waals surface area contributed by atoms with Crippen LogP contribution in [0.15, 0.2) is 55.1 Å². The molecule has 1 aliphatic rings. The minimum atomic E-state index is -0.157. The van der Waals surface area contributed by atoms with E-state index in [2.05, 4.69) is 35.9 Å². The van der Waals surface area contributed by atoms with Crippen molar-refractivity contribution in [3.8, 4) is 11.5 Å². The molecule has 1 saturated heterocycles. The van der Waals surface area contributed by atoms with Crippen LogP contribution in [0, 0.1) is 0 Å². The average molecular weight is 411 g/mol. The number of rotatable bonds is 9. The van der Waals surface area contributed by atoms with E-state index >= 15 is 0 Å². The minimum Gasteiger partial charge on any atom is -0.493 e. The SMILES string of the molecule is C=CCOc1ccc(C(=O)NCc2cccc(CN3CCOC(C)C3)c2)cc1OC. The summed E-state index contributed by atoms with van der Waals surface area (Å²) in [5.74, 6) is 0.946. The first-order valence-corrected chi connectivity index (χ1v) is 10.2. The van der Waals surface area contributed by atoms with Gasteiger partial charge in [-0.1, -0.05) is 36.9 Å². The molecule has 0 aromatic heterocycles. The minimum absolute atomic E-state index is 0.157. The van der Waals surface area contributed by atoms with E-state index in [1.165, 1.54) is 5.56 Å². The first-order valence-electron chi connectivity index (χ1n) is 10.2. The number of benzene rings is 2. The Morgan fingerprint density at radius 2 is 2.10 bits per heavy atom. The summed E-state index contributed by atoms with van der Waals surface area (Å²) in [6, 6.07) is 13.5. The summed E-state index contributed by atoms with van der Waals surface area (Å²) in [6.07, 6.45) is 1.93. The molecule has 1 N–H and O–H groups in total. The van der Waals surface area contributed by atoms with Crippen LogP contribution >= 0.6 is 0 Å². The van der Waals surface area contributed by atoms with Gasteiger partial charge in [-0.3, -0.25) is 9.69 Å². The Morgan fingerprint density at radius 1 is 1.27 bits per heavy atom. The predicted molar refractivity (Wildman–Crippen MR) is 117 cm³/mol. The molecule has 2 aromatic carbocycles. The van der Waals surface area contributed by atoms with Crippen LogP contribution in [0.4, 0.5) is 0 Å². The second kappa shape index (κ2) is 10.8. The maximum Gasteiger partial charge on any atom is 0.251 e. The van der Waals surface area contributed by atoms with Crippen molar-refractivity contribution < 1.29 is 19.0 Å². The molecular weight excluding hydrogens is 380 g/mol. The fraction of sp³-hybridized carbons (Fsp3) is 0.375. The third kappa shape index (κ3) is 6.08. The Morgan fingerprint density at radius 3 is 2.87 bits per heavy atom. The molecule has 3 rings (SSSR count). The fourth-order valence-electron chi connectivity index (χ4n) is 3.49. The molecule has 160 valence electrons. The maximum absolute atomic E-state index is 12.6. The van der Waals surface area contributed by atoms with Gasteiger partial charge in [0.15, 0.2) is 11.5 Å². The van der Waals surface area contributed by atoms with Crippen LogP contribution in [0.5, 0.6) is 11.5 Å². The zero-order valence-electron chi connectivity index (χ0n) is 17.7. The first kappa shape index (κ1) is 21.9. The smallest absolute Gasteiger partial charge is 0.251 e. The number of carbonyl (C=O) groups excluding carboxylic acids is 1. The number of hydrogen-bond acceptors (Lipinski definition) is 5. The highest BCUT2D eigenvalue weighted by molar-refractivity contribution is 5.94. The quantitative estimate of drug-likeness (QED) is 0.642. The van der Waals surface area contributed by atoms with Crippen LogP contribution in [-0.4, -0.2) is 50.3 Å². The van der Waals surface area contributed by atoms with Crippen LogP contribution in [0.25, 0.3) is 0 Å². The Kier molecular flexibility index (Phi) is 7.88. The molecule has 6 nitrogen and oxygen atoms in total. The van der Waals surface area contributed by atoms with Gasteiger partial charge in [-0.25, -0.2) is 0 Å².